The molecule has 202 valence electrons. The second-order valence-corrected chi connectivity index (χ2v) is 9.52. The minimum atomic E-state index is -0.178. The molecule has 0 bridgehead atoms. The monoisotopic (exact) mass is 536 g/mol. The van der Waals surface area contributed by atoms with Crippen molar-refractivity contribution in [2.75, 3.05) is 21.0 Å². The number of benzene rings is 3. The molecule has 8 heteroatoms. The van der Waals surface area contributed by atoms with Gasteiger partial charge in [0, 0.05) is 23.1 Å². The molecule has 0 spiro atoms. The molecular weight excluding hydrogens is 508 g/mol. The molecule has 2 aromatic heterocycles. The quantitative estimate of drug-likeness (QED) is 0.227. The van der Waals surface area contributed by atoms with Gasteiger partial charge in [-0.1, -0.05) is 18.2 Å². The summed E-state index contributed by atoms with van der Waals surface area (Å²) in [6, 6.07) is 22.7. The number of rotatable bonds is 8. The van der Waals surface area contributed by atoms with Crippen molar-refractivity contribution >= 4 is 16.8 Å². The van der Waals surface area contributed by atoms with Gasteiger partial charge in [-0.25, -0.2) is 4.98 Å². The van der Waals surface area contributed by atoms with E-state index in [1.54, 1.807) is 43.6 Å². The van der Waals surface area contributed by atoms with Crippen LogP contribution in [0.2, 0.25) is 0 Å². The summed E-state index contributed by atoms with van der Waals surface area (Å²) in [6.07, 6.45) is 1.60. The van der Waals surface area contributed by atoms with Crippen molar-refractivity contribution < 1.29 is 28.2 Å². The first-order valence-corrected chi connectivity index (χ1v) is 12.9. The molecule has 0 aliphatic carbocycles. The van der Waals surface area contributed by atoms with Crippen LogP contribution in [0.5, 0.6) is 23.0 Å². The van der Waals surface area contributed by atoms with Crippen molar-refractivity contribution in [1.82, 2.24) is 9.88 Å². The topological polar surface area (TPSA) is 83.3 Å². The van der Waals surface area contributed by atoms with Crippen molar-refractivity contribution in [3.05, 3.63) is 102 Å². The van der Waals surface area contributed by atoms with E-state index in [-0.39, 0.29) is 25.8 Å². The molecule has 0 unspecified atom stereocenters. The zero-order chi connectivity index (χ0) is 27.6. The van der Waals surface area contributed by atoms with E-state index in [0.717, 1.165) is 27.6 Å². The Morgan fingerprint density at radius 2 is 1.80 bits per heavy atom. The van der Waals surface area contributed by atoms with Gasteiger partial charge in [-0.05, 0) is 72.6 Å². The molecule has 0 saturated heterocycles. The molecule has 1 aliphatic heterocycles. The summed E-state index contributed by atoms with van der Waals surface area (Å²) in [7, 11) is 3.25. The van der Waals surface area contributed by atoms with E-state index in [1.807, 2.05) is 55.5 Å². The number of methoxy groups -OCH3 is 2. The first-order chi connectivity index (χ1) is 19.5. The van der Waals surface area contributed by atoms with Gasteiger partial charge in [0.2, 0.25) is 6.79 Å². The lowest BCUT2D eigenvalue weighted by atomic mass is 10.00. The zero-order valence-corrected chi connectivity index (χ0v) is 22.5. The average molecular weight is 537 g/mol. The van der Waals surface area contributed by atoms with Crippen molar-refractivity contribution in [3.63, 3.8) is 0 Å². The molecule has 0 saturated carbocycles. The van der Waals surface area contributed by atoms with E-state index in [1.165, 1.54) is 0 Å². The van der Waals surface area contributed by atoms with Crippen LogP contribution in [0.15, 0.2) is 83.5 Å². The molecule has 0 atom stereocenters. The maximum absolute atomic E-state index is 14.0. The molecule has 8 nitrogen and oxygen atoms in total. The molecule has 5 aromatic rings. The molecule has 40 heavy (non-hydrogen) atoms. The van der Waals surface area contributed by atoms with Crippen LogP contribution in [0.25, 0.3) is 22.2 Å². The predicted octanol–water partition coefficient (Wildman–Crippen LogP) is 6.39. The van der Waals surface area contributed by atoms with Gasteiger partial charge in [0.1, 0.15) is 17.3 Å². The van der Waals surface area contributed by atoms with E-state index < -0.39 is 0 Å². The van der Waals surface area contributed by atoms with Gasteiger partial charge in [0.15, 0.2) is 11.5 Å². The SMILES string of the molecule is COc1ccc(OC)c(-c2nc3c(C)cccc3cc2CN(Cc2ccco2)C(=O)c2ccc3c(c2)OCO3)c1. The Morgan fingerprint density at radius 3 is 2.60 bits per heavy atom. The Kier molecular flexibility index (Phi) is 6.74. The number of carbonyl (C=O) groups is 1. The first kappa shape index (κ1) is 25.3. The second kappa shape index (κ2) is 10.6. The lowest BCUT2D eigenvalue weighted by molar-refractivity contribution is 0.0717. The lowest BCUT2D eigenvalue weighted by Gasteiger charge is -2.24. The summed E-state index contributed by atoms with van der Waals surface area (Å²) in [6.45, 7) is 2.70. The fourth-order valence-corrected chi connectivity index (χ4v) is 4.95. The highest BCUT2D eigenvalue weighted by Crippen LogP contribution is 2.37. The molecule has 6 rings (SSSR count). The Morgan fingerprint density at radius 1 is 0.925 bits per heavy atom. The van der Waals surface area contributed by atoms with Crippen LogP contribution in [0, 0.1) is 6.92 Å². The van der Waals surface area contributed by atoms with Crippen molar-refractivity contribution in [3.8, 4) is 34.3 Å². The Hall–Kier alpha value is -4.98. The number of aromatic nitrogens is 1. The summed E-state index contributed by atoms with van der Waals surface area (Å²) in [5.41, 5.74) is 4.75. The van der Waals surface area contributed by atoms with Gasteiger partial charge >= 0.3 is 0 Å². The van der Waals surface area contributed by atoms with Crippen molar-refractivity contribution in [1.29, 1.82) is 0 Å². The smallest absolute Gasteiger partial charge is 0.254 e. The van der Waals surface area contributed by atoms with Gasteiger partial charge in [0.05, 0.1) is 38.2 Å². The van der Waals surface area contributed by atoms with Crippen LogP contribution < -0.4 is 18.9 Å². The molecule has 3 aromatic carbocycles. The number of hydrogen-bond donors (Lipinski definition) is 0. The Labute approximate surface area is 231 Å². The summed E-state index contributed by atoms with van der Waals surface area (Å²) in [5.74, 6) is 2.99. The summed E-state index contributed by atoms with van der Waals surface area (Å²) >= 11 is 0. The third-order valence-corrected chi connectivity index (χ3v) is 6.98. The fourth-order valence-electron chi connectivity index (χ4n) is 4.95. The van der Waals surface area contributed by atoms with Crippen LogP contribution in [-0.2, 0) is 13.1 Å². The molecule has 0 N–H and O–H groups in total. The number of carbonyl (C=O) groups excluding carboxylic acids is 1. The third kappa shape index (κ3) is 4.80. The number of pyridine rings is 1. The maximum Gasteiger partial charge on any atom is 0.254 e. The minimum Gasteiger partial charge on any atom is -0.497 e. The van der Waals surface area contributed by atoms with E-state index in [2.05, 4.69) is 6.07 Å². The standard InChI is InChI=1S/C32H28N2O6/c1-20-6-4-7-21-14-23(31(33-30(20)21)26-16-24(36-2)10-12-27(26)37-3)17-34(18-25-8-5-13-38-25)32(35)22-9-11-28-29(15-22)40-19-39-28/h4-16H,17-19H2,1-3H3. The number of para-hydroxylation sites is 1. The summed E-state index contributed by atoms with van der Waals surface area (Å²) < 4.78 is 27.9. The van der Waals surface area contributed by atoms with E-state index in [0.29, 0.717) is 40.0 Å². The third-order valence-electron chi connectivity index (χ3n) is 6.98. The van der Waals surface area contributed by atoms with Crippen LogP contribution in [0.3, 0.4) is 0 Å². The van der Waals surface area contributed by atoms with Gasteiger partial charge < -0.3 is 28.3 Å². The number of furan rings is 1. The summed E-state index contributed by atoms with van der Waals surface area (Å²) in [5, 5.41) is 0.981. The van der Waals surface area contributed by atoms with Gasteiger partial charge in [-0.3, -0.25) is 4.79 Å². The van der Waals surface area contributed by atoms with Crippen LogP contribution in [-0.4, -0.2) is 36.8 Å². The van der Waals surface area contributed by atoms with Crippen LogP contribution in [0.4, 0.5) is 0 Å². The number of hydrogen-bond acceptors (Lipinski definition) is 7. The zero-order valence-electron chi connectivity index (χ0n) is 22.5. The number of amides is 1. The minimum absolute atomic E-state index is 0.136. The van der Waals surface area contributed by atoms with E-state index in [4.69, 9.17) is 28.3 Å². The van der Waals surface area contributed by atoms with Gasteiger partial charge in [0.25, 0.3) is 5.91 Å². The number of ether oxygens (including phenoxy) is 4. The number of nitrogens with zero attached hydrogens (tertiary/aromatic N) is 2. The Balaban J connectivity index is 1.48. The lowest BCUT2D eigenvalue weighted by Crippen LogP contribution is -2.30. The van der Waals surface area contributed by atoms with Crippen LogP contribution >= 0.6 is 0 Å². The maximum atomic E-state index is 14.0. The second-order valence-electron chi connectivity index (χ2n) is 9.52. The molecule has 3 heterocycles. The summed E-state index contributed by atoms with van der Waals surface area (Å²) in [4.78, 5) is 20.9. The number of fused-ring (bicyclic) bond motifs is 2. The normalized spacial score (nSPS) is 12.0. The molecule has 0 radical (unpaired) electrons. The molecule has 0 fully saturated rings. The highest BCUT2D eigenvalue weighted by molar-refractivity contribution is 5.95. The highest BCUT2D eigenvalue weighted by Gasteiger charge is 2.24. The number of aryl methyl sites for hydroxylation is 1. The average Bonchev–Trinajstić information content (AvgIpc) is 3.68. The Bertz CT molecular complexity index is 1700. The predicted molar refractivity (Wildman–Crippen MR) is 150 cm³/mol. The largest absolute Gasteiger partial charge is 0.497 e. The fraction of sp³-hybridized carbons (Fsp3) is 0.188. The first-order valence-electron chi connectivity index (χ1n) is 12.9. The van der Waals surface area contributed by atoms with E-state index in [9.17, 15) is 4.79 Å². The van der Waals surface area contributed by atoms with Crippen molar-refractivity contribution in [2.45, 2.75) is 20.0 Å². The van der Waals surface area contributed by atoms with Gasteiger partial charge in [-0.15, -0.1) is 0 Å². The molecule has 1 aliphatic rings. The van der Waals surface area contributed by atoms with Crippen LogP contribution in [0.1, 0.15) is 27.2 Å². The van der Waals surface area contributed by atoms with Gasteiger partial charge in [-0.2, -0.15) is 0 Å². The van der Waals surface area contributed by atoms with E-state index >= 15 is 0 Å². The van der Waals surface area contributed by atoms with Crippen molar-refractivity contribution in [2.24, 2.45) is 0 Å². The highest BCUT2D eigenvalue weighted by atomic mass is 16.7. The molecular formula is C32H28N2O6. The molecule has 1 amide bonds.